The van der Waals surface area contributed by atoms with Crippen LogP contribution in [0.5, 0.6) is 0 Å². The number of aliphatic imine (C=N–C) groups is 1. The summed E-state index contributed by atoms with van der Waals surface area (Å²) in [5.41, 5.74) is 5.87. The van der Waals surface area contributed by atoms with E-state index in [-0.39, 0.29) is 30.4 Å². The number of allylic oxidation sites excluding steroid dienone is 2. The maximum Gasteiger partial charge on any atom is 0.419 e. The molecule has 0 unspecified atom stereocenters. The summed E-state index contributed by atoms with van der Waals surface area (Å²) in [6.07, 6.45) is -3.03. The number of ether oxygens (including phenoxy) is 1. The molecule has 0 spiro atoms. The van der Waals surface area contributed by atoms with Crippen molar-refractivity contribution in [2.75, 3.05) is 43.5 Å². The average molecular weight is 552 g/mol. The summed E-state index contributed by atoms with van der Waals surface area (Å²) >= 11 is 0. The van der Waals surface area contributed by atoms with E-state index in [0.717, 1.165) is 0 Å². The number of amides is 2. The zero-order valence-electron chi connectivity index (χ0n) is 22.1. The molecular formula is C26H36F3N7O3. The lowest BCUT2D eigenvalue weighted by Crippen LogP contribution is -2.52. The van der Waals surface area contributed by atoms with E-state index < -0.39 is 29.5 Å². The monoisotopic (exact) mass is 551 g/mol. The van der Waals surface area contributed by atoms with Crippen molar-refractivity contribution in [2.24, 2.45) is 16.6 Å². The number of anilines is 2. The summed E-state index contributed by atoms with van der Waals surface area (Å²) in [5, 5.41) is 11.1. The summed E-state index contributed by atoms with van der Waals surface area (Å²) in [6.45, 7) is 9.72. The lowest BCUT2D eigenvalue weighted by molar-refractivity contribution is -0.129. The van der Waals surface area contributed by atoms with Crippen LogP contribution in [0.25, 0.3) is 0 Å². The maximum atomic E-state index is 13.7. The Morgan fingerprint density at radius 1 is 1.15 bits per heavy atom. The van der Waals surface area contributed by atoms with E-state index in [4.69, 9.17) is 10.5 Å². The predicted molar refractivity (Wildman–Crippen MR) is 144 cm³/mol. The topological polar surface area (TPSA) is 133 Å². The Labute approximate surface area is 225 Å². The second kappa shape index (κ2) is 13.5. The fourth-order valence-electron chi connectivity index (χ4n) is 4.17. The Balaban J connectivity index is 1.67. The van der Waals surface area contributed by atoms with Crippen LogP contribution in [-0.2, 0) is 14.3 Å². The number of benzene rings is 1. The van der Waals surface area contributed by atoms with Gasteiger partial charge < -0.3 is 31.7 Å². The molecule has 2 atom stereocenters. The number of guanidine groups is 1. The first-order valence-corrected chi connectivity index (χ1v) is 12.8. The molecule has 1 saturated heterocycles. The highest BCUT2D eigenvalue weighted by molar-refractivity contribution is 5.94. The Kier molecular flexibility index (Phi) is 10.4. The van der Waals surface area contributed by atoms with E-state index in [9.17, 15) is 22.8 Å². The van der Waals surface area contributed by atoms with Crippen molar-refractivity contribution in [3.63, 3.8) is 0 Å². The van der Waals surface area contributed by atoms with Crippen molar-refractivity contribution in [3.8, 4) is 0 Å². The molecule has 1 heterocycles. The number of hydrogen-bond donors (Lipinski definition) is 5. The van der Waals surface area contributed by atoms with Gasteiger partial charge in [-0.1, -0.05) is 12.7 Å². The quantitative estimate of drug-likeness (QED) is 0.172. The first-order chi connectivity index (χ1) is 18.5. The van der Waals surface area contributed by atoms with Crippen LogP contribution in [0.15, 0.2) is 53.3 Å². The third kappa shape index (κ3) is 8.99. The third-order valence-corrected chi connectivity index (χ3v) is 6.27. The van der Waals surface area contributed by atoms with Gasteiger partial charge in [-0.3, -0.25) is 14.5 Å². The number of halogens is 3. The molecule has 3 rings (SSSR count). The number of rotatable bonds is 10. The second-order valence-electron chi connectivity index (χ2n) is 9.70. The van der Waals surface area contributed by atoms with E-state index in [0.29, 0.717) is 56.6 Å². The molecular weight excluding hydrogens is 515 g/mol. The predicted octanol–water partition coefficient (Wildman–Crippen LogP) is 2.54. The Morgan fingerprint density at radius 3 is 2.28 bits per heavy atom. The molecule has 10 nitrogen and oxygen atoms in total. The molecule has 1 aromatic carbocycles. The summed E-state index contributed by atoms with van der Waals surface area (Å²) < 4.78 is 46.4. The molecule has 6 N–H and O–H groups in total. The summed E-state index contributed by atoms with van der Waals surface area (Å²) in [4.78, 5) is 30.7. The van der Waals surface area contributed by atoms with E-state index >= 15 is 0 Å². The lowest BCUT2D eigenvalue weighted by atomic mass is 9.78. The van der Waals surface area contributed by atoms with Crippen LogP contribution in [0, 0.1) is 5.92 Å². The SMILES string of the molecule is C=C/C(=C(\N=C(N)Nc1ccc(NC(=O)CN2CCOCC2)cc1)N[C@@H]1CC[C@@H]1C(=O)NC(C)C)C(F)(F)F. The van der Waals surface area contributed by atoms with Crippen molar-refractivity contribution in [1.29, 1.82) is 0 Å². The van der Waals surface area contributed by atoms with Gasteiger partial charge in [0.25, 0.3) is 0 Å². The van der Waals surface area contributed by atoms with Gasteiger partial charge >= 0.3 is 6.18 Å². The molecule has 0 aromatic heterocycles. The molecule has 1 aliphatic carbocycles. The van der Waals surface area contributed by atoms with Crippen LogP contribution < -0.4 is 27.0 Å². The summed E-state index contributed by atoms with van der Waals surface area (Å²) in [6, 6.07) is 5.88. The van der Waals surface area contributed by atoms with Crippen LogP contribution in [0.4, 0.5) is 24.5 Å². The van der Waals surface area contributed by atoms with Crippen molar-refractivity contribution in [2.45, 2.75) is 44.9 Å². The van der Waals surface area contributed by atoms with Gasteiger partial charge in [0.15, 0.2) is 5.96 Å². The van der Waals surface area contributed by atoms with Gasteiger partial charge in [0, 0.05) is 36.5 Å². The van der Waals surface area contributed by atoms with Gasteiger partial charge in [-0.05, 0) is 51.0 Å². The number of morpholine rings is 1. The number of alkyl halides is 3. The average Bonchev–Trinajstić information content (AvgIpc) is 2.82. The molecule has 2 amide bonds. The summed E-state index contributed by atoms with van der Waals surface area (Å²) in [5.74, 6) is -1.71. The molecule has 1 aliphatic heterocycles. The largest absolute Gasteiger partial charge is 0.419 e. The minimum absolute atomic E-state index is 0.0879. The Hall–Kier alpha value is -3.58. The molecule has 0 radical (unpaired) electrons. The number of hydrogen-bond acceptors (Lipinski definition) is 6. The van der Waals surface area contributed by atoms with Crippen molar-refractivity contribution < 1.29 is 27.5 Å². The number of nitrogens with two attached hydrogens (primary N) is 1. The van der Waals surface area contributed by atoms with Crippen LogP contribution in [-0.4, -0.2) is 73.8 Å². The number of carbonyl (C=O) groups excluding carboxylic acids is 2. The zero-order valence-corrected chi connectivity index (χ0v) is 22.1. The van der Waals surface area contributed by atoms with E-state index in [1.807, 2.05) is 18.7 Å². The molecule has 1 aromatic rings. The number of carbonyl (C=O) groups is 2. The third-order valence-electron chi connectivity index (χ3n) is 6.27. The van der Waals surface area contributed by atoms with E-state index in [1.165, 1.54) is 0 Å². The highest BCUT2D eigenvalue weighted by atomic mass is 19.4. The summed E-state index contributed by atoms with van der Waals surface area (Å²) in [7, 11) is 0. The van der Waals surface area contributed by atoms with Gasteiger partial charge in [-0.2, -0.15) is 18.2 Å². The lowest BCUT2D eigenvalue weighted by Gasteiger charge is -2.37. The van der Waals surface area contributed by atoms with Crippen LogP contribution in [0.3, 0.4) is 0 Å². The van der Waals surface area contributed by atoms with Crippen LogP contribution >= 0.6 is 0 Å². The molecule has 2 fully saturated rings. The number of nitrogens with zero attached hydrogens (tertiary/aromatic N) is 2. The fraction of sp³-hybridized carbons (Fsp3) is 0.500. The molecule has 214 valence electrons. The van der Waals surface area contributed by atoms with E-state index in [1.54, 1.807) is 24.3 Å². The zero-order chi connectivity index (χ0) is 28.6. The maximum absolute atomic E-state index is 13.7. The van der Waals surface area contributed by atoms with Crippen molar-refractivity contribution in [3.05, 3.63) is 48.3 Å². The van der Waals surface area contributed by atoms with Gasteiger partial charge in [0.1, 0.15) is 5.82 Å². The second-order valence-corrected chi connectivity index (χ2v) is 9.70. The smallest absolute Gasteiger partial charge is 0.379 e. The standard InChI is InChI=1S/C26H36F3N7O3/c1-4-20(26(27,28)29)23(34-21-10-9-19(21)24(38)31-16(2)3)35-25(30)33-18-7-5-17(6-8-18)32-22(37)15-36-11-13-39-14-12-36/h4-8,16,19,21,34H,1,9-15H2,2-3H3,(H,31,38)(H,32,37)(H3,30,33,35)/b23-20+/t19-,21+/m0/s1. The molecule has 13 heteroatoms. The fourth-order valence-corrected chi connectivity index (χ4v) is 4.17. The first kappa shape index (κ1) is 30.0. The molecule has 39 heavy (non-hydrogen) atoms. The highest BCUT2D eigenvalue weighted by Crippen LogP contribution is 2.33. The Bertz CT molecular complexity index is 1080. The van der Waals surface area contributed by atoms with Crippen molar-refractivity contribution >= 4 is 29.1 Å². The molecule has 1 saturated carbocycles. The van der Waals surface area contributed by atoms with Gasteiger partial charge in [0.2, 0.25) is 11.8 Å². The normalized spacial score (nSPS) is 20.9. The van der Waals surface area contributed by atoms with Gasteiger partial charge in [-0.15, -0.1) is 0 Å². The van der Waals surface area contributed by atoms with Crippen LogP contribution in [0.2, 0.25) is 0 Å². The first-order valence-electron chi connectivity index (χ1n) is 12.8. The van der Waals surface area contributed by atoms with Gasteiger partial charge in [-0.25, -0.2) is 0 Å². The molecule has 0 bridgehead atoms. The minimum Gasteiger partial charge on any atom is -0.379 e. The number of nitrogens with one attached hydrogen (secondary N) is 4. The highest BCUT2D eigenvalue weighted by Gasteiger charge is 2.40. The van der Waals surface area contributed by atoms with E-state index in [2.05, 4.69) is 32.8 Å². The van der Waals surface area contributed by atoms with Crippen LogP contribution in [0.1, 0.15) is 26.7 Å². The van der Waals surface area contributed by atoms with Gasteiger partial charge in [0.05, 0.1) is 31.2 Å². The van der Waals surface area contributed by atoms with Crippen molar-refractivity contribution in [1.82, 2.24) is 15.5 Å². The molecule has 2 aliphatic rings. The minimum atomic E-state index is -4.74. The Morgan fingerprint density at radius 2 is 1.77 bits per heavy atom.